The predicted molar refractivity (Wildman–Crippen MR) is 63.3 cm³/mol. The lowest BCUT2D eigenvalue weighted by Gasteiger charge is -2.16. The maximum Gasteiger partial charge on any atom is 0.255 e. The summed E-state index contributed by atoms with van der Waals surface area (Å²) in [5.41, 5.74) is 0.454. The van der Waals surface area contributed by atoms with E-state index >= 15 is 0 Å². The first-order valence-electron chi connectivity index (χ1n) is 4.96. The van der Waals surface area contributed by atoms with Crippen LogP contribution in [0.2, 0.25) is 0 Å². The molecule has 0 saturated heterocycles. The Morgan fingerprint density at radius 2 is 2.29 bits per heavy atom. The molecule has 0 bridgehead atoms. The number of amides is 1. The molecule has 0 unspecified atom stereocenters. The van der Waals surface area contributed by atoms with Crippen LogP contribution in [0.1, 0.15) is 10.4 Å². The monoisotopic (exact) mass is 228 g/mol. The number of nitrogens with zero attached hydrogens (tertiary/aromatic N) is 2. The molecule has 4 nitrogen and oxygen atoms in total. The van der Waals surface area contributed by atoms with Gasteiger partial charge in [0.25, 0.3) is 5.91 Å². The smallest absolute Gasteiger partial charge is 0.255 e. The third-order valence-electron chi connectivity index (χ3n) is 2.15. The Labute approximate surface area is 100 Å². The van der Waals surface area contributed by atoms with Crippen LogP contribution in [0.25, 0.3) is 0 Å². The number of nitriles is 1. The third-order valence-corrected chi connectivity index (χ3v) is 2.15. The van der Waals surface area contributed by atoms with E-state index < -0.39 is 0 Å². The van der Waals surface area contributed by atoms with Gasteiger partial charge in [-0.3, -0.25) is 4.79 Å². The third kappa shape index (κ3) is 3.25. The van der Waals surface area contributed by atoms with Crippen molar-refractivity contribution in [2.24, 2.45) is 0 Å². The van der Waals surface area contributed by atoms with Gasteiger partial charge in [-0.05, 0) is 18.2 Å². The Morgan fingerprint density at radius 3 is 2.88 bits per heavy atom. The van der Waals surface area contributed by atoms with Gasteiger partial charge in [0, 0.05) is 5.56 Å². The molecule has 1 amide bonds. The number of hydrogen-bond acceptors (Lipinski definition) is 3. The Balaban J connectivity index is 2.93. The molecule has 0 radical (unpaired) electrons. The number of carbonyl (C=O) groups is 1. The molecule has 0 aliphatic heterocycles. The van der Waals surface area contributed by atoms with Gasteiger partial charge < -0.3 is 9.64 Å². The van der Waals surface area contributed by atoms with E-state index in [2.05, 4.69) is 5.92 Å². The molecule has 4 heteroatoms. The van der Waals surface area contributed by atoms with Crippen LogP contribution in [0.15, 0.2) is 24.3 Å². The van der Waals surface area contributed by atoms with Gasteiger partial charge in [-0.15, -0.1) is 6.42 Å². The summed E-state index contributed by atoms with van der Waals surface area (Å²) in [6.45, 7) is 0.0871. The molecule has 0 aliphatic rings. The van der Waals surface area contributed by atoms with Crippen molar-refractivity contribution in [3.8, 4) is 24.2 Å². The number of benzene rings is 1. The second kappa shape index (κ2) is 6.19. The standard InChI is InChI=1S/C13H12N2O2/c1-3-8-15(9-7-14)13(16)11-5-4-6-12(10-11)17-2/h1,4-6,10H,8-9H2,2H3. The van der Waals surface area contributed by atoms with Gasteiger partial charge in [0.05, 0.1) is 19.7 Å². The summed E-state index contributed by atoms with van der Waals surface area (Å²) in [6, 6.07) is 8.64. The van der Waals surface area contributed by atoms with Crippen molar-refractivity contribution >= 4 is 5.91 Å². The minimum absolute atomic E-state index is 0.0275. The molecule has 1 aromatic carbocycles. The fraction of sp³-hybridized carbons (Fsp3) is 0.231. The Morgan fingerprint density at radius 1 is 1.53 bits per heavy atom. The summed E-state index contributed by atoms with van der Waals surface area (Å²) in [4.78, 5) is 13.3. The van der Waals surface area contributed by atoms with Crippen LogP contribution in [-0.2, 0) is 0 Å². The summed E-state index contributed by atoms with van der Waals surface area (Å²) in [5.74, 6) is 2.67. The van der Waals surface area contributed by atoms with Gasteiger partial charge in [-0.25, -0.2) is 0 Å². The highest BCUT2D eigenvalue weighted by atomic mass is 16.5. The molecule has 0 N–H and O–H groups in total. The fourth-order valence-electron chi connectivity index (χ4n) is 1.33. The SMILES string of the molecule is C#CCN(CC#N)C(=O)c1cccc(OC)c1. The molecule has 0 heterocycles. The topological polar surface area (TPSA) is 53.3 Å². The lowest BCUT2D eigenvalue weighted by Crippen LogP contribution is -2.31. The van der Waals surface area contributed by atoms with E-state index in [1.165, 1.54) is 12.0 Å². The molecular formula is C13H12N2O2. The molecule has 0 atom stereocenters. The minimum Gasteiger partial charge on any atom is -0.497 e. The summed E-state index contributed by atoms with van der Waals surface area (Å²) >= 11 is 0. The quantitative estimate of drug-likeness (QED) is 0.576. The Kier molecular flexibility index (Phi) is 4.59. The van der Waals surface area contributed by atoms with Crippen molar-refractivity contribution < 1.29 is 9.53 Å². The minimum atomic E-state index is -0.275. The van der Waals surface area contributed by atoms with Crippen LogP contribution in [0.4, 0.5) is 0 Å². The van der Waals surface area contributed by atoms with E-state index in [1.54, 1.807) is 24.3 Å². The average molecular weight is 228 g/mol. The Bertz CT molecular complexity index is 467. The summed E-state index contributed by atoms with van der Waals surface area (Å²) in [6.07, 6.45) is 5.15. The number of rotatable bonds is 4. The molecule has 0 aliphatic carbocycles. The normalized spacial score (nSPS) is 8.88. The summed E-state index contributed by atoms with van der Waals surface area (Å²) < 4.78 is 5.03. The van der Waals surface area contributed by atoms with Gasteiger partial charge >= 0.3 is 0 Å². The first kappa shape index (κ1) is 12.6. The largest absolute Gasteiger partial charge is 0.497 e. The van der Waals surface area contributed by atoms with Crippen molar-refractivity contribution in [2.45, 2.75) is 0 Å². The lowest BCUT2D eigenvalue weighted by atomic mass is 10.2. The maximum atomic E-state index is 12.0. The van der Waals surface area contributed by atoms with Crippen LogP contribution in [0.5, 0.6) is 5.75 Å². The molecular weight excluding hydrogens is 216 g/mol. The second-order valence-electron chi connectivity index (χ2n) is 3.26. The molecule has 86 valence electrons. The average Bonchev–Trinajstić information content (AvgIpc) is 2.38. The highest BCUT2D eigenvalue weighted by Gasteiger charge is 2.14. The van der Waals surface area contributed by atoms with E-state index in [0.717, 1.165) is 0 Å². The maximum absolute atomic E-state index is 12.0. The molecule has 0 saturated carbocycles. The number of methoxy groups -OCH3 is 1. The highest BCUT2D eigenvalue weighted by Crippen LogP contribution is 2.14. The summed E-state index contributed by atoms with van der Waals surface area (Å²) in [5, 5.41) is 8.62. The molecule has 0 aromatic heterocycles. The van der Waals surface area contributed by atoms with Crippen LogP contribution in [0.3, 0.4) is 0 Å². The van der Waals surface area contributed by atoms with E-state index in [-0.39, 0.29) is 19.0 Å². The molecule has 0 spiro atoms. The molecule has 0 fully saturated rings. The number of hydrogen-bond donors (Lipinski definition) is 0. The fourth-order valence-corrected chi connectivity index (χ4v) is 1.33. The second-order valence-corrected chi connectivity index (χ2v) is 3.26. The van der Waals surface area contributed by atoms with Crippen LogP contribution >= 0.6 is 0 Å². The van der Waals surface area contributed by atoms with Crippen LogP contribution in [0, 0.1) is 23.7 Å². The van der Waals surface area contributed by atoms with Gasteiger partial charge in [0.2, 0.25) is 0 Å². The van der Waals surface area contributed by atoms with Gasteiger partial charge in [0.15, 0.2) is 0 Å². The number of terminal acetylenes is 1. The Hall–Kier alpha value is -2.46. The zero-order chi connectivity index (χ0) is 12.7. The predicted octanol–water partition coefficient (Wildman–Crippen LogP) is 1.29. The zero-order valence-electron chi connectivity index (χ0n) is 9.51. The molecule has 17 heavy (non-hydrogen) atoms. The van der Waals surface area contributed by atoms with Gasteiger partial charge in [-0.2, -0.15) is 5.26 Å². The van der Waals surface area contributed by atoms with Crippen molar-refractivity contribution in [1.29, 1.82) is 5.26 Å². The molecule has 1 rings (SSSR count). The van der Waals surface area contributed by atoms with Crippen molar-refractivity contribution in [1.82, 2.24) is 4.90 Å². The van der Waals surface area contributed by atoms with E-state index in [0.29, 0.717) is 11.3 Å². The van der Waals surface area contributed by atoms with Crippen molar-refractivity contribution in [3.05, 3.63) is 29.8 Å². The number of ether oxygens (including phenoxy) is 1. The van der Waals surface area contributed by atoms with Crippen molar-refractivity contribution in [2.75, 3.05) is 20.2 Å². The molecule has 1 aromatic rings. The van der Waals surface area contributed by atoms with E-state index in [1.807, 2.05) is 6.07 Å². The van der Waals surface area contributed by atoms with Gasteiger partial charge in [-0.1, -0.05) is 12.0 Å². The van der Waals surface area contributed by atoms with E-state index in [9.17, 15) is 4.79 Å². The highest BCUT2D eigenvalue weighted by molar-refractivity contribution is 5.94. The van der Waals surface area contributed by atoms with Crippen LogP contribution in [-0.4, -0.2) is 31.0 Å². The first-order valence-corrected chi connectivity index (χ1v) is 4.96. The van der Waals surface area contributed by atoms with Crippen LogP contribution < -0.4 is 4.74 Å². The van der Waals surface area contributed by atoms with E-state index in [4.69, 9.17) is 16.4 Å². The summed E-state index contributed by atoms with van der Waals surface area (Å²) in [7, 11) is 1.53. The van der Waals surface area contributed by atoms with Crippen molar-refractivity contribution in [3.63, 3.8) is 0 Å². The van der Waals surface area contributed by atoms with Gasteiger partial charge in [0.1, 0.15) is 12.3 Å². The lowest BCUT2D eigenvalue weighted by molar-refractivity contribution is 0.0795. The first-order chi connectivity index (χ1) is 8.22. The zero-order valence-corrected chi connectivity index (χ0v) is 9.51. The number of carbonyl (C=O) groups excluding carboxylic acids is 1.